The van der Waals surface area contributed by atoms with Gasteiger partial charge in [0.15, 0.2) is 0 Å². The lowest BCUT2D eigenvalue weighted by atomic mass is 9.89. The summed E-state index contributed by atoms with van der Waals surface area (Å²) >= 11 is 0. The first-order valence-corrected chi connectivity index (χ1v) is 7.44. The first-order valence-electron chi connectivity index (χ1n) is 7.44. The summed E-state index contributed by atoms with van der Waals surface area (Å²) in [5.74, 6) is 1.07. The number of methoxy groups -OCH3 is 1. The van der Waals surface area contributed by atoms with Crippen molar-refractivity contribution in [3.05, 3.63) is 24.3 Å². The van der Waals surface area contributed by atoms with Crippen LogP contribution in [0.15, 0.2) is 24.3 Å². The van der Waals surface area contributed by atoms with Gasteiger partial charge in [-0.15, -0.1) is 0 Å². The highest BCUT2D eigenvalue weighted by molar-refractivity contribution is 6.21. The SMILES string of the molecule is CCC1CCN2C(=O)N(c3cccc(OC)c3)C(=O)C2C1. The number of amides is 3. The lowest BCUT2D eigenvalue weighted by molar-refractivity contribution is -0.120. The van der Waals surface area contributed by atoms with Gasteiger partial charge in [-0.25, -0.2) is 9.69 Å². The zero-order valence-corrected chi connectivity index (χ0v) is 12.4. The van der Waals surface area contributed by atoms with E-state index in [-0.39, 0.29) is 18.0 Å². The minimum absolute atomic E-state index is 0.105. The summed E-state index contributed by atoms with van der Waals surface area (Å²) in [6, 6.07) is 6.60. The maximum atomic E-state index is 12.6. The number of ether oxygens (including phenoxy) is 1. The number of benzene rings is 1. The van der Waals surface area contributed by atoms with E-state index in [1.807, 2.05) is 0 Å². The summed E-state index contributed by atoms with van der Waals surface area (Å²) in [5, 5.41) is 0. The second-order valence-corrected chi connectivity index (χ2v) is 5.67. The molecule has 2 fully saturated rings. The number of rotatable bonds is 3. The number of hydrogen-bond donors (Lipinski definition) is 0. The van der Waals surface area contributed by atoms with Crippen molar-refractivity contribution in [3.8, 4) is 5.75 Å². The Kier molecular flexibility index (Phi) is 3.57. The van der Waals surface area contributed by atoms with Gasteiger partial charge in [-0.3, -0.25) is 4.79 Å². The number of urea groups is 1. The average molecular weight is 288 g/mol. The highest BCUT2D eigenvalue weighted by Crippen LogP contribution is 2.34. The minimum Gasteiger partial charge on any atom is -0.497 e. The lowest BCUT2D eigenvalue weighted by Gasteiger charge is -2.31. The lowest BCUT2D eigenvalue weighted by Crippen LogP contribution is -2.42. The van der Waals surface area contributed by atoms with Crippen LogP contribution in [0, 0.1) is 5.92 Å². The molecule has 0 saturated carbocycles. The van der Waals surface area contributed by atoms with Crippen LogP contribution < -0.4 is 9.64 Å². The molecular formula is C16H20N2O3. The number of carbonyl (C=O) groups excluding carboxylic acids is 2. The summed E-state index contributed by atoms with van der Waals surface area (Å²) in [6.07, 6.45) is 2.82. The predicted molar refractivity (Wildman–Crippen MR) is 79.4 cm³/mol. The van der Waals surface area contributed by atoms with Crippen molar-refractivity contribution in [2.45, 2.75) is 32.2 Å². The number of hydrogen-bond acceptors (Lipinski definition) is 3. The Balaban J connectivity index is 1.90. The van der Waals surface area contributed by atoms with Gasteiger partial charge in [-0.1, -0.05) is 19.4 Å². The first kappa shape index (κ1) is 13.9. The molecule has 2 heterocycles. The van der Waals surface area contributed by atoms with Crippen molar-refractivity contribution in [1.82, 2.24) is 4.90 Å². The molecule has 0 aromatic heterocycles. The molecule has 5 heteroatoms. The van der Waals surface area contributed by atoms with Crippen LogP contribution >= 0.6 is 0 Å². The molecular weight excluding hydrogens is 268 g/mol. The van der Waals surface area contributed by atoms with Crippen molar-refractivity contribution in [3.63, 3.8) is 0 Å². The van der Waals surface area contributed by atoms with Gasteiger partial charge in [0.25, 0.3) is 5.91 Å². The number of carbonyl (C=O) groups is 2. The largest absolute Gasteiger partial charge is 0.497 e. The normalized spacial score (nSPS) is 25.2. The molecule has 21 heavy (non-hydrogen) atoms. The zero-order chi connectivity index (χ0) is 15.0. The standard InChI is InChI=1S/C16H20N2O3/c1-3-11-7-8-17-14(9-11)15(19)18(16(17)20)12-5-4-6-13(10-12)21-2/h4-6,10-11,14H,3,7-9H2,1-2H3. The molecule has 0 N–H and O–H groups in total. The topological polar surface area (TPSA) is 49.9 Å². The minimum atomic E-state index is -0.289. The summed E-state index contributed by atoms with van der Waals surface area (Å²) < 4.78 is 5.18. The van der Waals surface area contributed by atoms with Gasteiger partial charge in [0.05, 0.1) is 12.8 Å². The van der Waals surface area contributed by atoms with Crippen molar-refractivity contribution in [2.75, 3.05) is 18.6 Å². The van der Waals surface area contributed by atoms with E-state index in [0.29, 0.717) is 23.9 Å². The fourth-order valence-electron chi connectivity index (χ4n) is 3.23. The number of nitrogens with zero attached hydrogens (tertiary/aromatic N) is 2. The van der Waals surface area contributed by atoms with E-state index in [0.717, 1.165) is 19.3 Å². The van der Waals surface area contributed by atoms with Crippen LogP contribution in [0.25, 0.3) is 0 Å². The van der Waals surface area contributed by atoms with Crippen LogP contribution in [0.2, 0.25) is 0 Å². The Labute approximate surface area is 124 Å². The van der Waals surface area contributed by atoms with Gasteiger partial charge in [0.1, 0.15) is 11.8 Å². The van der Waals surface area contributed by atoms with Crippen molar-refractivity contribution in [1.29, 1.82) is 0 Å². The highest BCUT2D eigenvalue weighted by atomic mass is 16.5. The van der Waals surface area contributed by atoms with Crippen LogP contribution in [-0.2, 0) is 4.79 Å². The summed E-state index contributed by atoms with van der Waals surface area (Å²) in [6.45, 7) is 2.82. The summed E-state index contributed by atoms with van der Waals surface area (Å²) in [5.41, 5.74) is 0.590. The molecule has 0 aliphatic carbocycles. The van der Waals surface area contributed by atoms with Gasteiger partial charge in [0, 0.05) is 12.6 Å². The Morgan fingerprint density at radius 2 is 2.14 bits per heavy atom. The molecule has 3 rings (SSSR count). The second kappa shape index (κ2) is 5.39. The first-order chi connectivity index (χ1) is 10.2. The van der Waals surface area contributed by atoms with Crippen molar-refractivity contribution >= 4 is 17.6 Å². The van der Waals surface area contributed by atoms with E-state index in [2.05, 4.69) is 6.92 Å². The quantitative estimate of drug-likeness (QED) is 0.803. The van der Waals surface area contributed by atoms with Crippen LogP contribution in [-0.4, -0.2) is 36.5 Å². The maximum Gasteiger partial charge on any atom is 0.332 e. The molecule has 5 nitrogen and oxygen atoms in total. The van der Waals surface area contributed by atoms with Gasteiger partial charge < -0.3 is 9.64 Å². The molecule has 2 aliphatic heterocycles. The van der Waals surface area contributed by atoms with Crippen molar-refractivity contribution < 1.29 is 14.3 Å². The van der Waals surface area contributed by atoms with Gasteiger partial charge in [-0.2, -0.15) is 0 Å². The molecule has 2 atom stereocenters. The average Bonchev–Trinajstić information content (AvgIpc) is 2.78. The van der Waals surface area contributed by atoms with E-state index in [1.54, 1.807) is 36.3 Å². The third-order valence-corrected chi connectivity index (χ3v) is 4.54. The Hall–Kier alpha value is -2.04. The third-order valence-electron chi connectivity index (χ3n) is 4.54. The fraction of sp³-hybridized carbons (Fsp3) is 0.500. The Morgan fingerprint density at radius 1 is 1.33 bits per heavy atom. The van der Waals surface area contributed by atoms with E-state index in [9.17, 15) is 9.59 Å². The number of fused-ring (bicyclic) bond motifs is 1. The highest BCUT2D eigenvalue weighted by Gasteiger charge is 2.48. The van der Waals surface area contributed by atoms with Crippen molar-refractivity contribution in [2.24, 2.45) is 5.92 Å². The van der Waals surface area contributed by atoms with E-state index in [4.69, 9.17) is 4.74 Å². The smallest absolute Gasteiger partial charge is 0.332 e. The monoisotopic (exact) mass is 288 g/mol. The number of anilines is 1. The van der Waals surface area contributed by atoms with Crippen LogP contribution in [0.1, 0.15) is 26.2 Å². The van der Waals surface area contributed by atoms with Gasteiger partial charge >= 0.3 is 6.03 Å². The Morgan fingerprint density at radius 3 is 2.86 bits per heavy atom. The molecule has 1 aromatic rings. The van der Waals surface area contributed by atoms with E-state index in [1.165, 1.54) is 4.90 Å². The fourth-order valence-corrected chi connectivity index (χ4v) is 3.23. The summed E-state index contributed by atoms with van der Waals surface area (Å²) in [7, 11) is 1.57. The summed E-state index contributed by atoms with van der Waals surface area (Å²) in [4.78, 5) is 28.2. The maximum absolute atomic E-state index is 12.6. The zero-order valence-electron chi connectivity index (χ0n) is 12.4. The van der Waals surface area contributed by atoms with Crippen LogP contribution in [0.3, 0.4) is 0 Å². The molecule has 2 aliphatic rings. The van der Waals surface area contributed by atoms with E-state index >= 15 is 0 Å². The molecule has 1 aromatic carbocycles. The Bertz CT molecular complexity index is 572. The number of piperidine rings is 1. The van der Waals surface area contributed by atoms with Gasteiger partial charge in [-0.05, 0) is 30.9 Å². The predicted octanol–water partition coefficient (Wildman–Crippen LogP) is 2.65. The van der Waals surface area contributed by atoms with E-state index < -0.39 is 0 Å². The van der Waals surface area contributed by atoms with Gasteiger partial charge in [0.2, 0.25) is 0 Å². The number of imide groups is 1. The molecule has 2 unspecified atom stereocenters. The second-order valence-electron chi connectivity index (χ2n) is 5.67. The van der Waals surface area contributed by atoms with Crippen LogP contribution in [0.4, 0.5) is 10.5 Å². The molecule has 3 amide bonds. The molecule has 2 saturated heterocycles. The molecule has 112 valence electrons. The van der Waals surface area contributed by atoms with Crippen LogP contribution in [0.5, 0.6) is 5.75 Å². The third kappa shape index (κ3) is 2.26. The molecule has 0 bridgehead atoms. The molecule has 0 spiro atoms. The molecule has 0 radical (unpaired) electrons.